The van der Waals surface area contributed by atoms with Crippen molar-refractivity contribution in [2.24, 2.45) is 0 Å². The van der Waals surface area contributed by atoms with Crippen molar-refractivity contribution in [3.05, 3.63) is 65.2 Å². The Hall–Kier alpha value is -2.13. The number of aliphatic hydroxyl groups excluding tert-OH is 1. The van der Waals surface area contributed by atoms with Crippen molar-refractivity contribution < 1.29 is 14.6 Å². The molecule has 0 radical (unpaired) electrons. The lowest BCUT2D eigenvalue weighted by Gasteiger charge is -2.13. The first-order valence-electron chi connectivity index (χ1n) is 8.18. The van der Waals surface area contributed by atoms with Crippen molar-refractivity contribution in [3.8, 4) is 5.75 Å². The first-order valence-corrected chi connectivity index (χ1v) is 8.18. The van der Waals surface area contributed by atoms with Crippen LogP contribution in [0.15, 0.2) is 48.5 Å². The zero-order chi connectivity index (χ0) is 16.5. The van der Waals surface area contributed by atoms with Crippen molar-refractivity contribution in [2.45, 2.75) is 45.3 Å². The molecule has 0 amide bonds. The summed E-state index contributed by atoms with van der Waals surface area (Å²) in [6.07, 6.45) is 4.48. The number of ether oxygens (including phenoxy) is 1. The standard InChI is InChI=1S/C20H24O3/c1-2-3-4-11-20(22)18-9-6-10-19(13-18)23-15-17-8-5-7-16(12-17)14-21/h5-10,12-14,20,22H,2-4,11,15H2,1H3/t20-/m0/s1. The monoisotopic (exact) mass is 312 g/mol. The van der Waals surface area contributed by atoms with E-state index in [1.807, 2.05) is 42.5 Å². The van der Waals surface area contributed by atoms with Crippen molar-refractivity contribution in [1.29, 1.82) is 0 Å². The fourth-order valence-corrected chi connectivity index (χ4v) is 2.49. The quantitative estimate of drug-likeness (QED) is 0.539. The van der Waals surface area contributed by atoms with Crippen LogP contribution in [0.25, 0.3) is 0 Å². The second kappa shape index (κ2) is 9.11. The minimum absolute atomic E-state index is 0.400. The number of aliphatic hydroxyl groups is 1. The molecule has 2 aromatic rings. The van der Waals surface area contributed by atoms with Crippen LogP contribution in [0.1, 0.15) is 60.2 Å². The number of hydrogen-bond donors (Lipinski definition) is 1. The van der Waals surface area contributed by atoms with Gasteiger partial charge in [0.1, 0.15) is 18.6 Å². The van der Waals surface area contributed by atoms with Gasteiger partial charge in [-0.1, -0.05) is 56.5 Å². The van der Waals surface area contributed by atoms with Crippen LogP contribution in [-0.4, -0.2) is 11.4 Å². The summed E-state index contributed by atoms with van der Waals surface area (Å²) in [5.74, 6) is 0.730. The van der Waals surface area contributed by atoms with Crippen LogP contribution >= 0.6 is 0 Å². The number of rotatable bonds is 9. The molecule has 0 spiro atoms. The summed E-state index contributed by atoms with van der Waals surface area (Å²) in [5.41, 5.74) is 2.48. The van der Waals surface area contributed by atoms with Gasteiger partial charge in [-0.3, -0.25) is 4.79 Å². The molecule has 122 valence electrons. The van der Waals surface area contributed by atoms with Crippen molar-refractivity contribution in [2.75, 3.05) is 0 Å². The molecule has 0 fully saturated rings. The van der Waals surface area contributed by atoms with Gasteiger partial charge in [0.05, 0.1) is 6.10 Å². The van der Waals surface area contributed by atoms with E-state index in [0.29, 0.717) is 12.2 Å². The molecule has 3 heteroatoms. The van der Waals surface area contributed by atoms with E-state index in [-0.39, 0.29) is 0 Å². The van der Waals surface area contributed by atoms with Crippen LogP contribution in [0.3, 0.4) is 0 Å². The highest BCUT2D eigenvalue weighted by Gasteiger charge is 2.08. The Morgan fingerprint density at radius 1 is 1.13 bits per heavy atom. The van der Waals surface area contributed by atoms with Gasteiger partial charge in [0, 0.05) is 5.56 Å². The molecule has 0 saturated heterocycles. The third-order valence-corrected chi connectivity index (χ3v) is 3.82. The van der Waals surface area contributed by atoms with Crippen molar-refractivity contribution >= 4 is 6.29 Å². The van der Waals surface area contributed by atoms with E-state index in [0.717, 1.165) is 48.8 Å². The van der Waals surface area contributed by atoms with E-state index in [1.165, 1.54) is 0 Å². The SMILES string of the molecule is CCCCC[C@H](O)c1cccc(OCc2cccc(C=O)c2)c1. The minimum Gasteiger partial charge on any atom is -0.489 e. The molecule has 3 nitrogen and oxygen atoms in total. The number of benzene rings is 2. The highest BCUT2D eigenvalue weighted by molar-refractivity contribution is 5.74. The van der Waals surface area contributed by atoms with Gasteiger partial charge in [0.2, 0.25) is 0 Å². The van der Waals surface area contributed by atoms with E-state index < -0.39 is 6.10 Å². The van der Waals surface area contributed by atoms with Gasteiger partial charge < -0.3 is 9.84 Å². The molecule has 0 aliphatic rings. The molecule has 1 atom stereocenters. The van der Waals surface area contributed by atoms with E-state index in [4.69, 9.17) is 4.74 Å². The molecule has 0 aliphatic heterocycles. The van der Waals surface area contributed by atoms with E-state index in [9.17, 15) is 9.90 Å². The summed E-state index contributed by atoms with van der Waals surface area (Å²) in [6.45, 7) is 2.55. The highest BCUT2D eigenvalue weighted by atomic mass is 16.5. The topological polar surface area (TPSA) is 46.5 Å². The predicted octanol–water partition coefficient (Wildman–Crippen LogP) is 4.69. The molecule has 0 unspecified atom stereocenters. The number of hydrogen-bond acceptors (Lipinski definition) is 3. The van der Waals surface area contributed by atoms with Gasteiger partial charge >= 0.3 is 0 Å². The summed E-state index contributed by atoms with van der Waals surface area (Å²) < 4.78 is 5.78. The largest absolute Gasteiger partial charge is 0.489 e. The minimum atomic E-state index is -0.441. The number of carbonyl (C=O) groups is 1. The average Bonchev–Trinajstić information content (AvgIpc) is 2.60. The fraction of sp³-hybridized carbons (Fsp3) is 0.350. The van der Waals surface area contributed by atoms with Crippen molar-refractivity contribution in [1.82, 2.24) is 0 Å². The lowest BCUT2D eigenvalue weighted by Crippen LogP contribution is -2.00. The summed E-state index contributed by atoms with van der Waals surface area (Å²) in [7, 11) is 0. The molecule has 0 heterocycles. The van der Waals surface area contributed by atoms with Gasteiger partial charge in [-0.2, -0.15) is 0 Å². The summed E-state index contributed by atoms with van der Waals surface area (Å²) in [5, 5.41) is 10.2. The second-order valence-corrected chi connectivity index (χ2v) is 5.74. The average molecular weight is 312 g/mol. The first-order chi connectivity index (χ1) is 11.2. The molecule has 23 heavy (non-hydrogen) atoms. The van der Waals surface area contributed by atoms with Crippen LogP contribution in [0.4, 0.5) is 0 Å². The third kappa shape index (κ3) is 5.53. The Labute approximate surface area is 137 Å². The molecule has 1 N–H and O–H groups in total. The smallest absolute Gasteiger partial charge is 0.150 e. The Morgan fingerprint density at radius 3 is 2.74 bits per heavy atom. The Balaban J connectivity index is 1.95. The zero-order valence-corrected chi connectivity index (χ0v) is 13.6. The van der Waals surface area contributed by atoms with Gasteiger partial charge in [-0.05, 0) is 35.7 Å². The van der Waals surface area contributed by atoms with E-state index in [2.05, 4.69) is 6.92 Å². The van der Waals surface area contributed by atoms with Crippen molar-refractivity contribution in [3.63, 3.8) is 0 Å². The second-order valence-electron chi connectivity index (χ2n) is 5.74. The summed E-state index contributed by atoms with van der Waals surface area (Å²) >= 11 is 0. The van der Waals surface area contributed by atoms with Crippen LogP contribution in [0.5, 0.6) is 5.75 Å². The molecular weight excluding hydrogens is 288 g/mol. The summed E-state index contributed by atoms with van der Waals surface area (Å²) in [6, 6.07) is 14.9. The molecule has 0 aliphatic carbocycles. The lowest BCUT2D eigenvalue weighted by atomic mass is 10.0. The number of aldehydes is 1. The molecule has 2 rings (SSSR count). The molecule has 0 aromatic heterocycles. The maximum Gasteiger partial charge on any atom is 0.150 e. The highest BCUT2D eigenvalue weighted by Crippen LogP contribution is 2.24. The molecule has 0 saturated carbocycles. The van der Waals surface area contributed by atoms with E-state index in [1.54, 1.807) is 6.07 Å². The van der Waals surface area contributed by atoms with E-state index >= 15 is 0 Å². The third-order valence-electron chi connectivity index (χ3n) is 3.82. The van der Waals surface area contributed by atoms with Crippen LogP contribution in [0, 0.1) is 0 Å². The van der Waals surface area contributed by atoms with Crippen LogP contribution < -0.4 is 4.74 Å². The normalized spacial score (nSPS) is 11.9. The van der Waals surface area contributed by atoms with Gasteiger partial charge in [0.25, 0.3) is 0 Å². The number of unbranched alkanes of at least 4 members (excludes halogenated alkanes) is 2. The Morgan fingerprint density at radius 2 is 1.96 bits per heavy atom. The first kappa shape index (κ1) is 17.2. The van der Waals surface area contributed by atoms with Gasteiger partial charge in [-0.15, -0.1) is 0 Å². The van der Waals surface area contributed by atoms with Gasteiger partial charge in [0.15, 0.2) is 0 Å². The zero-order valence-electron chi connectivity index (χ0n) is 13.6. The molecule has 2 aromatic carbocycles. The predicted molar refractivity (Wildman–Crippen MR) is 91.7 cm³/mol. The lowest BCUT2D eigenvalue weighted by molar-refractivity contribution is 0.112. The molecular formula is C20H24O3. The Kier molecular flexibility index (Phi) is 6.82. The maximum atomic E-state index is 10.8. The maximum absolute atomic E-state index is 10.8. The van der Waals surface area contributed by atoms with Gasteiger partial charge in [-0.25, -0.2) is 0 Å². The summed E-state index contributed by atoms with van der Waals surface area (Å²) in [4.78, 5) is 10.8. The Bertz CT molecular complexity index is 622. The van der Waals surface area contributed by atoms with Crippen LogP contribution in [0.2, 0.25) is 0 Å². The fourth-order valence-electron chi connectivity index (χ4n) is 2.49. The number of carbonyl (C=O) groups excluding carboxylic acids is 1. The molecule has 0 bridgehead atoms. The van der Waals surface area contributed by atoms with Crippen LogP contribution in [-0.2, 0) is 6.61 Å².